The third kappa shape index (κ3) is 4.72. The van der Waals surface area contributed by atoms with E-state index in [-0.39, 0.29) is 23.8 Å². The number of aryl methyl sites for hydroxylation is 1. The first-order valence-corrected chi connectivity index (χ1v) is 12.0. The molecule has 34 heavy (non-hydrogen) atoms. The van der Waals surface area contributed by atoms with Crippen LogP contribution in [0.15, 0.2) is 30.3 Å². The van der Waals surface area contributed by atoms with Gasteiger partial charge in [0.1, 0.15) is 12.1 Å². The number of hydrogen-bond donors (Lipinski definition) is 2. The van der Waals surface area contributed by atoms with Crippen molar-refractivity contribution in [2.75, 3.05) is 6.54 Å². The molecule has 1 spiro atoms. The Morgan fingerprint density at radius 1 is 1.18 bits per heavy atom. The van der Waals surface area contributed by atoms with Gasteiger partial charge in [0.25, 0.3) is 5.91 Å². The highest BCUT2D eigenvalue weighted by atomic mass is 16.2. The van der Waals surface area contributed by atoms with E-state index in [1.54, 1.807) is 0 Å². The second-order valence-electron chi connectivity index (χ2n) is 10.8. The van der Waals surface area contributed by atoms with Crippen LogP contribution in [0.25, 0.3) is 0 Å². The summed E-state index contributed by atoms with van der Waals surface area (Å²) in [6.45, 7) is 10.9. The number of hydrogen-bond acceptors (Lipinski definition) is 4. The summed E-state index contributed by atoms with van der Waals surface area (Å²) in [7, 11) is 0. The lowest BCUT2D eigenvalue weighted by atomic mass is 9.64. The summed E-state index contributed by atoms with van der Waals surface area (Å²) in [6, 6.07) is 9.60. The second kappa shape index (κ2) is 8.89. The molecule has 2 aromatic rings. The first kappa shape index (κ1) is 24.0. The van der Waals surface area contributed by atoms with Crippen LogP contribution >= 0.6 is 0 Å². The Morgan fingerprint density at radius 3 is 2.56 bits per heavy atom. The molecule has 1 saturated heterocycles. The summed E-state index contributed by atoms with van der Waals surface area (Å²) in [6.07, 6.45) is 2.21. The van der Waals surface area contributed by atoms with Gasteiger partial charge in [-0.05, 0) is 50.0 Å². The van der Waals surface area contributed by atoms with Crippen molar-refractivity contribution in [1.29, 1.82) is 0 Å². The molecule has 2 heterocycles. The van der Waals surface area contributed by atoms with E-state index < -0.39 is 11.6 Å². The van der Waals surface area contributed by atoms with Gasteiger partial charge in [-0.25, -0.2) is 4.79 Å². The number of benzene rings is 1. The summed E-state index contributed by atoms with van der Waals surface area (Å²) in [5.41, 5.74) is 2.98. The number of urea groups is 1. The molecular formula is C26H35N5O3. The van der Waals surface area contributed by atoms with Crippen molar-refractivity contribution >= 4 is 17.8 Å². The summed E-state index contributed by atoms with van der Waals surface area (Å²) < 4.78 is 1.93. The molecular weight excluding hydrogens is 430 g/mol. The minimum atomic E-state index is -0.899. The van der Waals surface area contributed by atoms with Crippen LogP contribution in [0.3, 0.4) is 0 Å². The number of carbonyl (C=O) groups is 3. The second-order valence-corrected chi connectivity index (χ2v) is 10.8. The standard InChI is InChI=1S/C26H35N5O3/c1-17-11-25(4,5)16-26(12-17)23(33)30(24(34)28-26)15-22(32)27-13-21-18(2)29-31(19(21)3)14-20-9-7-6-8-10-20/h6-10,17H,11-16H2,1-5H3,(H,27,32)(H,28,34)/t17-,26-/m0/s1. The number of imide groups is 1. The highest BCUT2D eigenvalue weighted by Crippen LogP contribution is 2.46. The zero-order valence-electron chi connectivity index (χ0n) is 20.8. The molecule has 8 nitrogen and oxygen atoms in total. The first-order valence-electron chi connectivity index (χ1n) is 12.0. The molecule has 1 aromatic carbocycles. The molecule has 1 aliphatic carbocycles. The minimum Gasteiger partial charge on any atom is -0.350 e. The largest absolute Gasteiger partial charge is 0.350 e. The van der Waals surface area contributed by atoms with Gasteiger partial charge < -0.3 is 10.6 Å². The summed E-state index contributed by atoms with van der Waals surface area (Å²) >= 11 is 0. The first-order chi connectivity index (χ1) is 16.0. The van der Waals surface area contributed by atoms with Crippen molar-refractivity contribution in [2.45, 2.75) is 72.5 Å². The van der Waals surface area contributed by atoms with Crippen molar-refractivity contribution in [3.63, 3.8) is 0 Å². The smallest absolute Gasteiger partial charge is 0.325 e. The van der Waals surface area contributed by atoms with E-state index >= 15 is 0 Å². The molecule has 1 aliphatic heterocycles. The zero-order valence-corrected chi connectivity index (χ0v) is 20.8. The molecule has 4 amide bonds. The number of aromatic nitrogens is 2. The Labute approximate surface area is 201 Å². The molecule has 2 N–H and O–H groups in total. The van der Waals surface area contributed by atoms with Gasteiger partial charge in [0.15, 0.2) is 0 Å². The van der Waals surface area contributed by atoms with Gasteiger partial charge in [-0.2, -0.15) is 5.10 Å². The van der Waals surface area contributed by atoms with Gasteiger partial charge in [0.05, 0.1) is 12.2 Å². The molecule has 0 radical (unpaired) electrons. The number of rotatable bonds is 6. The molecule has 0 unspecified atom stereocenters. The van der Waals surface area contributed by atoms with E-state index in [0.29, 0.717) is 31.8 Å². The average molecular weight is 466 g/mol. The van der Waals surface area contributed by atoms with Crippen LogP contribution in [-0.2, 0) is 22.7 Å². The Balaban J connectivity index is 1.39. The third-order valence-corrected chi connectivity index (χ3v) is 7.09. The molecule has 2 atom stereocenters. The zero-order chi connectivity index (χ0) is 24.7. The number of amides is 4. The van der Waals surface area contributed by atoms with Crippen LogP contribution in [0.2, 0.25) is 0 Å². The average Bonchev–Trinajstić information content (AvgIpc) is 3.12. The van der Waals surface area contributed by atoms with Gasteiger partial charge in [-0.1, -0.05) is 51.1 Å². The maximum Gasteiger partial charge on any atom is 0.325 e. The fourth-order valence-corrected chi connectivity index (χ4v) is 5.94. The molecule has 1 aromatic heterocycles. The van der Waals surface area contributed by atoms with E-state index in [2.05, 4.69) is 48.6 Å². The van der Waals surface area contributed by atoms with E-state index in [1.807, 2.05) is 36.7 Å². The van der Waals surface area contributed by atoms with E-state index in [9.17, 15) is 14.4 Å². The molecule has 0 bridgehead atoms. The Hall–Kier alpha value is -3.16. The van der Waals surface area contributed by atoms with Gasteiger partial charge >= 0.3 is 6.03 Å². The molecule has 4 rings (SSSR count). The van der Waals surface area contributed by atoms with Crippen LogP contribution in [0.5, 0.6) is 0 Å². The van der Waals surface area contributed by atoms with Gasteiger partial charge in [-0.3, -0.25) is 19.2 Å². The van der Waals surface area contributed by atoms with Crippen LogP contribution in [0, 0.1) is 25.2 Å². The summed E-state index contributed by atoms with van der Waals surface area (Å²) in [5.74, 6) is -0.325. The Kier molecular flexibility index (Phi) is 6.27. The maximum absolute atomic E-state index is 13.3. The Bertz CT molecular complexity index is 1110. The third-order valence-electron chi connectivity index (χ3n) is 7.09. The number of nitrogens with one attached hydrogen (secondary N) is 2. The van der Waals surface area contributed by atoms with Gasteiger partial charge in [-0.15, -0.1) is 0 Å². The summed E-state index contributed by atoms with van der Waals surface area (Å²) in [5, 5.41) is 10.4. The quantitative estimate of drug-likeness (QED) is 0.640. The Morgan fingerprint density at radius 2 is 1.88 bits per heavy atom. The molecule has 2 aliphatic rings. The lowest BCUT2D eigenvalue weighted by Gasteiger charge is -2.43. The molecule has 1 saturated carbocycles. The predicted molar refractivity (Wildman–Crippen MR) is 129 cm³/mol. The fraction of sp³-hybridized carbons (Fsp3) is 0.538. The van der Waals surface area contributed by atoms with Gasteiger partial charge in [0, 0.05) is 17.8 Å². The maximum atomic E-state index is 13.3. The van der Waals surface area contributed by atoms with Crippen molar-refractivity contribution in [2.24, 2.45) is 11.3 Å². The molecule has 182 valence electrons. The highest BCUT2D eigenvalue weighted by Gasteiger charge is 2.56. The minimum absolute atomic E-state index is 0.0478. The lowest BCUT2D eigenvalue weighted by Crippen LogP contribution is -2.54. The number of carbonyl (C=O) groups excluding carboxylic acids is 3. The lowest BCUT2D eigenvalue weighted by molar-refractivity contribution is -0.137. The predicted octanol–water partition coefficient (Wildman–Crippen LogP) is 3.30. The van der Waals surface area contributed by atoms with Crippen LogP contribution in [0.1, 0.15) is 62.5 Å². The van der Waals surface area contributed by atoms with Crippen molar-refractivity contribution in [3.05, 3.63) is 52.8 Å². The normalized spacial score (nSPS) is 23.9. The van der Waals surface area contributed by atoms with E-state index in [0.717, 1.165) is 33.8 Å². The van der Waals surface area contributed by atoms with Crippen molar-refractivity contribution in [1.82, 2.24) is 25.3 Å². The SMILES string of the molecule is Cc1nn(Cc2ccccc2)c(C)c1CNC(=O)CN1C(=O)N[C@]2(C[C@@H](C)CC(C)(C)C2)C1=O. The van der Waals surface area contributed by atoms with Crippen molar-refractivity contribution < 1.29 is 14.4 Å². The van der Waals surface area contributed by atoms with Crippen molar-refractivity contribution in [3.8, 4) is 0 Å². The van der Waals surface area contributed by atoms with Crippen LogP contribution in [-0.4, -0.2) is 44.6 Å². The topological polar surface area (TPSA) is 96.3 Å². The summed E-state index contributed by atoms with van der Waals surface area (Å²) in [4.78, 5) is 39.7. The monoisotopic (exact) mass is 465 g/mol. The van der Waals surface area contributed by atoms with Crippen LogP contribution in [0.4, 0.5) is 4.79 Å². The highest BCUT2D eigenvalue weighted by molar-refractivity contribution is 6.09. The fourth-order valence-electron chi connectivity index (χ4n) is 5.94. The van der Waals surface area contributed by atoms with E-state index in [1.165, 1.54) is 0 Å². The van der Waals surface area contributed by atoms with E-state index in [4.69, 9.17) is 0 Å². The molecule has 8 heteroatoms. The molecule has 2 fully saturated rings. The van der Waals surface area contributed by atoms with Gasteiger partial charge in [0.2, 0.25) is 5.91 Å². The number of nitrogens with zero attached hydrogens (tertiary/aromatic N) is 3. The van der Waals surface area contributed by atoms with Crippen LogP contribution < -0.4 is 10.6 Å².